The quantitative estimate of drug-likeness (QED) is 0.379. The number of nitrogens with zero attached hydrogens (tertiary/aromatic N) is 3. The first-order valence-electron chi connectivity index (χ1n) is 14.6. The number of halogens is 2. The van der Waals surface area contributed by atoms with E-state index < -0.39 is 5.54 Å². The summed E-state index contributed by atoms with van der Waals surface area (Å²) in [5, 5.41) is 3.20. The molecule has 1 saturated carbocycles. The molecule has 2 amide bonds. The fraction of sp³-hybridized carbons (Fsp3) is 0.581. The number of rotatable bonds is 9. The minimum Gasteiger partial charge on any atom is -0.439 e. The molecule has 2 aliphatic heterocycles. The van der Waals surface area contributed by atoms with Gasteiger partial charge in [0.2, 0.25) is 17.7 Å². The summed E-state index contributed by atoms with van der Waals surface area (Å²) in [6, 6.07) is 13.3. The molecular formula is C31H44Cl2N4O3. The molecule has 220 valence electrons. The van der Waals surface area contributed by atoms with E-state index in [1.165, 1.54) is 32.1 Å². The van der Waals surface area contributed by atoms with Crippen LogP contribution in [0.15, 0.2) is 48.7 Å². The number of hydrogen-bond acceptors (Lipinski definition) is 5. The number of nitrogens with one attached hydrogen (secondary N) is 1. The normalized spacial score (nSPS) is 21.3. The molecular weight excluding hydrogens is 547 g/mol. The molecule has 7 nitrogen and oxygen atoms in total. The van der Waals surface area contributed by atoms with Crippen molar-refractivity contribution in [2.45, 2.75) is 89.3 Å². The molecule has 0 bridgehead atoms. The van der Waals surface area contributed by atoms with Crippen LogP contribution in [-0.4, -0.2) is 57.8 Å². The highest BCUT2D eigenvalue weighted by molar-refractivity contribution is 6.00. The van der Waals surface area contributed by atoms with Crippen LogP contribution in [-0.2, 0) is 16.1 Å². The molecule has 3 aliphatic rings. The lowest BCUT2D eigenvalue weighted by atomic mass is 9.79. The SMILES string of the molecule is CCCCN1C(=O)C(CC2CCCCC2)NC(=O)C12CCN(Cc1cccnc1Oc1ccccc1)CC2.Cl.Cl. The Morgan fingerprint density at radius 3 is 2.42 bits per heavy atom. The van der Waals surface area contributed by atoms with E-state index in [4.69, 9.17) is 4.74 Å². The highest BCUT2D eigenvalue weighted by Crippen LogP contribution is 2.36. The third-order valence-electron chi connectivity index (χ3n) is 8.72. The Hall–Kier alpha value is -2.35. The Kier molecular flexibility index (Phi) is 12.1. The molecule has 3 heterocycles. The van der Waals surface area contributed by atoms with Gasteiger partial charge >= 0.3 is 0 Å². The lowest BCUT2D eigenvalue weighted by Crippen LogP contribution is -2.73. The van der Waals surface area contributed by atoms with E-state index >= 15 is 0 Å². The predicted octanol–water partition coefficient (Wildman–Crippen LogP) is 6.15. The van der Waals surface area contributed by atoms with Crippen molar-refractivity contribution in [2.24, 2.45) is 5.92 Å². The Morgan fingerprint density at radius 2 is 1.73 bits per heavy atom. The van der Waals surface area contributed by atoms with Crippen LogP contribution in [0.1, 0.15) is 76.7 Å². The van der Waals surface area contributed by atoms with Crippen molar-refractivity contribution < 1.29 is 14.3 Å². The maximum atomic E-state index is 13.8. The maximum Gasteiger partial charge on any atom is 0.246 e. The average Bonchev–Trinajstić information content (AvgIpc) is 2.95. The minimum atomic E-state index is -0.732. The third-order valence-corrected chi connectivity index (χ3v) is 8.72. The second kappa shape index (κ2) is 15.0. The maximum absolute atomic E-state index is 13.8. The summed E-state index contributed by atoms with van der Waals surface area (Å²) >= 11 is 0. The molecule has 40 heavy (non-hydrogen) atoms. The van der Waals surface area contributed by atoms with Gasteiger partial charge in [0.15, 0.2) is 0 Å². The number of piperidine rings is 1. The number of likely N-dealkylation sites (tertiary alicyclic amines) is 1. The average molecular weight is 592 g/mol. The van der Waals surface area contributed by atoms with Crippen LogP contribution in [0.25, 0.3) is 0 Å². The van der Waals surface area contributed by atoms with Gasteiger partial charge in [0.25, 0.3) is 0 Å². The van der Waals surface area contributed by atoms with Crippen LogP contribution in [0.2, 0.25) is 0 Å². The van der Waals surface area contributed by atoms with Gasteiger partial charge in [-0.3, -0.25) is 14.5 Å². The largest absolute Gasteiger partial charge is 0.439 e. The van der Waals surface area contributed by atoms with Gasteiger partial charge < -0.3 is 15.0 Å². The smallest absolute Gasteiger partial charge is 0.246 e. The van der Waals surface area contributed by atoms with Crippen molar-refractivity contribution in [3.63, 3.8) is 0 Å². The minimum absolute atomic E-state index is 0. The number of amides is 2. The molecule has 2 aromatic rings. The van der Waals surface area contributed by atoms with E-state index in [1.54, 1.807) is 6.20 Å². The van der Waals surface area contributed by atoms with Gasteiger partial charge in [-0.25, -0.2) is 4.98 Å². The third kappa shape index (κ3) is 7.29. The van der Waals surface area contributed by atoms with Gasteiger partial charge in [-0.2, -0.15) is 0 Å². The molecule has 2 saturated heterocycles. The number of carbonyl (C=O) groups is 2. The second-order valence-electron chi connectivity index (χ2n) is 11.3. The zero-order valence-electron chi connectivity index (χ0n) is 23.6. The molecule has 3 fully saturated rings. The van der Waals surface area contributed by atoms with Crippen LogP contribution in [0.3, 0.4) is 0 Å². The zero-order valence-corrected chi connectivity index (χ0v) is 25.2. The summed E-state index contributed by atoms with van der Waals surface area (Å²) in [6.07, 6.45) is 11.9. The lowest BCUT2D eigenvalue weighted by molar-refractivity contribution is -0.162. The summed E-state index contributed by atoms with van der Waals surface area (Å²) in [6.45, 7) is 5.00. The van der Waals surface area contributed by atoms with Crippen LogP contribution in [0.5, 0.6) is 11.6 Å². The van der Waals surface area contributed by atoms with Crippen LogP contribution < -0.4 is 10.1 Å². The van der Waals surface area contributed by atoms with Crippen LogP contribution in [0, 0.1) is 5.92 Å². The van der Waals surface area contributed by atoms with Crippen molar-refractivity contribution in [1.29, 1.82) is 0 Å². The molecule has 1 atom stereocenters. The van der Waals surface area contributed by atoms with Gasteiger partial charge in [-0.1, -0.05) is 69.7 Å². The van der Waals surface area contributed by atoms with Crippen LogP contribution >= 0.6 is 24.8 Å². The Labute approximate surface area is 251 Å². The molecule has 5 rings (SSSR count). The fourth-order valence-corrected chi connectivity index (χ4v) is 6.49. The molecule has 1 aliphatic carbocycles. The van der Waals surface area contributed by atoms with Gasteiger partial charge in [0.1, 0.15) is 17.3 Å². The summed E-state index contributed by atoms with van der Waals surface area (Å²) in [5.41, 5.74) is 0.288. The summed E-state index contributed by atoms with van der Waals surface area (Å²) in [5.74, 6) is 2.12. The molecule has 1 unspecified atom stereocenters. The van der Waals surface area contributed by atoms with Crippen molar-refractivity contribution in [1.82, 2.24) is 20.1 Å². The van der Waals surface area contributed by atoms with Gasteiger partial charge in [0, 0.05) is 37.9 Å². The van der Waals surface area contributed by atoms with Crippen molar-refractivity contribution in [3.8, 4) is 11.6 Å². The first-order valence-corrected chi connectivity index (χ1v) is 14.6. The number of aromatic nitrogens is 1. The van der Waals surface area contributed by atoms with Crippen molar-refractivity contribution >= 4 is 36.6 Å². The Balaban J connectivity index is 0.00000220. The standard InChI is InChI=1S/C31H42N4O3.2ClH/c1-2-3-19-35-29(36)27(22-24-11-6-4-7-12-24)33-30(37)31(35)16-20-34(21-17-31)23-25-13-10-18-32-28(25)38-26-14-8-5-9-15-26;;/h5,8-10,13-15,18,24,27H,2-4,6-7,11-12,16-17,19-23H2,1H3,(H,33,37);2*1H. The number of carbonyl (C=O) groups excluding carboxylic acids is 2. The summed E-state index contributed by atoms with van der Waals surface area (Å²) < 4.78 is 6.07. The number of pyridine rings is 1. The summed E-state index contributed by atoms with van der Waals surface area (Å²) in [7, 11) is 0. The number of ether oxygens (including phenoxy) is 1. The first-order chi connectivity index (χ1) is 18.6. The molecule has 9 heteroatoms. The number of unbranched alkanes of at least 4 members (excludes halogenated alkanes) is 1. The van der Waals surface area contributed by atoms with Gasteiger partial charge in [-0.05, 0) is 49.8 Å². The number of para-hydroxylation sites is 1. The number of benzene rings is 1. The van der Waals surface area contributed by atoms with Crippen LogP contribution in [0.4, 0.5) is 0 Å². The first kappa shape index (κ1) is 32.2. The van der Waals surface area contributed by atoms with Gasteiger partial charge in [-0.15, -0.1) is 24.8 Å². The lowest BCUT2D eigenvalue weighted by Gasteiger charge is -2.52. The molecule has 0 radical (unpaired) electrons. The highest BCUT2D eigenvalue weighted by Gasteiger charge is 2.53. The zero-order chi connectivity index (χ0) is 26.4. The van der Waals surface area contributed by atoms with E-state index in [-0.39, 0.29) is 42.7 Å². The van der Waals surface area contributed by atoms with Gasteiger partial charge in [0.05, 0.1) is 0 Å². The monoisotopic (exact) mass is 590 g/mol. The van der Waals surface area contributed by atoms with Crippen molar-refractivity contribution in [2.75, 3.05) is 19.6 Å². The van der Waals surface area contributed by atoms with Crippen molar-refractivity contribution in [3.05, 3.63) is 54.2 Å². The highest BCUT2D eigenvalue weighted by atomic mass is 35.5. The van der Waals surface area contributed by atoms with E-state index in [2.05, 4.69) is 28.2 Å². The Morgan fingerprint density at radius 1 is 1.00 bits per heavy atom. The molecule has 1 N–H and O–H groups in total. The second-order valence-corrected chi connectivity index (χ2v) is 11.3. The number of hydrogen-bond donors (Lipinski definition) is 1. The predicted molar refractivity (Wildman–Crippen MR) is 162 cm³/mol. The van der Waals surface area contributed by atoms with E-state index in [0.717, 1.165) is 43.7 Å². The van der Waals surface area contributed by atoms with E-state index in [1.807, 2.05) is 41.3 Å². The molecule has 1 aromatic carbocycles. The van der Waals surface area contributed by atoms with E-state index in [9.17, 15) is 9.59 Å². The number of piperazine rings is 1. The molecule has 1 spiro atoms. The fourth-order valence-electron chi connectivity index (χ4n) is 6.49. The molecule has 1 aromatic heterocycles. The van der Waals surface area contributed by atoms with E-state index in [0.29, 0.717) is 37.7 Å². The Bertz CT molecular complexity index is 1090. The topological polar surface area (TPSA) is 74.8 Å². The summed E-state index contributed by atoms with van der Waals surface area (Å²) in [4.78, 5) is 36.3.